The van der Waals surface area contributed by atoms with Crippen LogP contribution in [0.2, 0.25) is 0 Å². The fourth-order valence-corrected chi connectivity index (χ4v) is 2.75. The Hall–Kier alpha value is 0.440. The highest BCUT2D eigenvalue weighted by Gasteiger charge is 2.33. The number of carbonyl (C=O) groups excluding carboxylic acids is 1. The first kappa shape index (κ1) is 13.4. The van der Waals surface area contributed by atoms with E-state index in [9.17, 15) is 4.79 Å². The van der Waals surface area contributed by atoms with Gasteiger partial charge in [0.05, 0.1) is 0 Å². The topological polar surface area (TPSA) is 17.1 Å². The van der Waals surface area contributed by atoms with Crippen molar-refractivity contribution in [1.29, 1.82) is 0 Å². The lowest BCUT2D eigenvalue weighted by molar-refractivity contribution is -0.120. The van der Waals surface area contributed by atoms with Crippen molar-refractivity contribution in [3.63, 3.8) is 0 Å². The van der Waals surface area contributed by atoms with Gasteiger partial charge in [0.1, 0.15) is 0 Å². The molecule has 0 saturated heterocycles. The van der Waals surface area contributed by atoms with E-state index in [1.54, 1.807) is 0 Å². The Morgan fingerprint density at radius 2 is 1.77 bits per heavy atom. The fraction of sp³-hybridized carbons (Fsp3) is 0.900. The zero-order valence-corrected chi connectivity index (χ0v) is 11.1. The van der Waals surface area contributed by atoms with Crippen molar-refractivity contribution in [3.05, 3.63) is 0 Å². The summed E-state index contributed by atoms with van der Waals surface area (Å²) < 4.78 is 0. The molecule has 1 nitrogen and oxygen atoms in total. The molecular formula is C10H18BrClO. The van der Waals surface area contributed by atoms with Gasteiger partial charge in [-0.1, -0.05) is 43.6 Å². The van der Waals surface area contributed by atoms with Gasteiger partial charge in [0.2, 0.25) is 5.24 Å². The Kier molecular flexibility index (Phi) is 4.95. The zero-order valence-electron chi connectivity index (χ0n) is 8.79. The van der Waals surface area contributed by atoms with E-state index in [-0.39, 0.29) is 10.7 Å². The standard InChI is InChI=1S/C10H18BrClO/c1-9(2,5-6-11)7-10(3,4)8(12)13/h5-7H2,1-4H3. The van der Waals surface area contributed by atoms with E-state index in [1.807, 2.05) is 13.8 Å². The van der Waals surface area contributed by atoms with Crippen LogP contribution in [0.3, 0.4) is 0 Å². The molecule has 0 bridgehead atoms. The summed E-state index contributed by atoms with van der Waals surface area (Å²) in [5.74, 6) is 0. The van der Waals surface area contributed by atoms with E-state index in [0.29, 0.717) is 0 Å². The molecular weight excluding hydrogens is 251 g/mol. The predicted molar refractivity (Wildman–Crippen MR) is 61.5 cm³/mol. The first-order valence-electron chi connectivity index (χ1n) is 4.47. The van der Waals surface area contributed by atoms with E-state index in [2.05, 4.69) is 29.8 Å². The molecule has 0 saturated carbocycles. The summed E-state index contributed by atoms with van der Waals surface area (Å²) >= 11 is 8.94. The van der Waals surface area contributed by atoms with Crippen LogP contribution in [-0.4, -0.2) is 10.6 Å². The highest BCUT2D eigenvalue weighted by Crippen LogP contribution is 2.37. The summed E-state index contributed by atoms with van der Waals surface area (Å²) in [7, 11) is 0. The third-order valence-electron chi connectivity index (χ3n) is 2.22. The maximum atomic E-state index is 11.1. The molecule has 0 rings (SSSR count). The van der Waals surface area contributed by atoms with Gasteiger partial charge < -0.3 is 0 Å². The van der Waals surface area contributed by atoms with Gasteiger partial charge in [-0.05, 0) is 29.9 Å². The molecule has 0 amide bonds. The first-order valence-corrected chi connectivity index (χ1v) is 5.97. The highest BCUT2D eigenvalue weighted by molar-refractivity contribution is 9.09. The Bertz CT molecular complexity index is 187. The molecule has 0 atom stereocenters. The van der Waals surface area contributed by atoms with Crippen molar-refractivity contribution in [1.82, 2.24) is 0 Å². The molecule has 0 radical (unpaired) electrons. The second kappa shape index (κ2) is 4.79. The normalized spacial score (nSPS) is 13.1. The van der Waals surface area contributed by atoms with Crippen LogP contribution >= 0.6 is 27.5 Å². The average molecular weight is 270 g/mol. The summed E-state index contributed by atoms with van der Waals surface area (Å²) in [6.07, 6.45) is 1.88. The van der Waals surface area contributed by atoms with Crippen molar-refractivity contribution in [2.45, 2.75) is 40.5 Å². The molecule has 3 heteroatoms. The van der Waals surface area contributed by atoms with Crippen LogP contribution in [0.5, 0.6) is 0 Å². The molecule has 0 aliphatic rings. The minimum Gasteiger partial charge on any atom is -0.281 e. The molecule has 0 aliphatic heterocycles. The molecule has 0 spiro atoms. The first-order chi connectivity index (χ1) is 5.71. The van der Waals surface area contributed by atoms with E-state index < -0.39 is 5.41 Å². The van der Waals surface area contributed by atoms with Crippen LogP contribution in [0.1, 0.15) is 40.5 Å². The number of hydrogen-bond acceptors (Lipinski definition) is 1. The minimum atomic E-state index is -0.409. The van der Waals surface area contributed by atoms with Gasteiger partial charge in [-0.3, -0.25) is 4.79 Å². The van der Waals surface area contributed by atoms with Crippen LogP contribution in [0.15, 0.2) is 0 Å². The van der Waals surface area contributed by atoms with Gasteiger partial charge in [-0.2, -0.15) is 0 Å². The molecule has 0 fully saturated rings. The molecule has 0 aromatic rings. The predicted octanol–water partition coefficient (Wildman–Crippen LogP) is 3.98. The lowest BCUT2D eigenvalue weighted by Crippen LogP contribution is -2.28. The molecule has 0 heterocycles. The van der Waals surface area contributed by atoms with Crippen molar-refractivity contribution >= 4 is 32.8 Å². The maximum Gasteiger partial charge on any atom is 0.227 e. The Morgan fingerprint density at radius 1 is 1.31 bits per heavy atom. The quantitative estimate of drug-likeness (QED) is 0.545. The molecule has 13 heavy (non-hydrogen) atoms. The van der Waals surface area contributed by atoms with Crippen LogP contribution in [0.25, 0.3) is 0 Å². The molecule has 78 valence electrons. The van der Waals surface area contributed by atoms with Gasteiger partial charge in [0, 0.05) is 10.7 Å². The maximum absolute atomic E-state index is 11.1. The van der Waals surface area contributed by atoms with E-state index >= 15 is 0 Å². The van der Waals surface area contributed by atoms with Crippen LogP contribution < -0.4 is 0 Å². The monoisotopic (exact) mass is 268 g/mol. The fourth-order valence-electron chi connectivity index (χ4n) is 1.61. The summed E-state index contributed by atoms with van der Waals surface area (Å²) in [6.45, 7) is 8.13. The van der Waals surface area contributed by atoms with Crippen molar-refractivity contribution in [3.8, 4) is 0 Å². The highest BCUT2D eigenvalue weighted by atomic mass is 79.9. The van der Waals surface area contributed by atoms with Crippen LogP contribution in [0.4, 0.5) is 0 Å². The Labute approximate surface area is 94.4 Å². The number of rotatable bonds is 5. The van der Waals surface area contributed by atoms with E-state index in [0.717, 1.165) is 18.2 Å². The number of hydrogen-bond donors (Lipinski definition) is 0. The lowest BCUT2D eigenvalue weighted by Gasteiger charge is -2.32. The second-order valence-corrected chi connectivity index (χ2v) is 6.07. The zero-order chi connectivity index (χ0) is 10.7. The Morgan fingerprint density at radius 3 is 2.08 bits per heavy atom. The van der Waals surface area contributed by atoms with Crippen molar-refractivity contribution in [2.24, 2.45) is 10.8 Å². The molecule has 0 aromatic heterocycles. The smallest absolute Gasteiger partial charge is 0.227 e. The SMILES string of the molecule is CC(C)(CCBr)CC(C)(C)C(=O)Cl. The minimum absolute atomic E-state index is 0.164. The van der Waals surface area contributed by atoms with E-state index in [4.69, 9.17) is 11.6 Å². The third kappa shape index (κ3) is 5.02. The number of carbonyl (C=O) groups is 1. The molecule has 0 unspecified atom stereocenters. The number of halogens is 2. The molecule has 0 aliphatic carbocycles. The number of alkyl halides is 1. The molecule has 0 aromatic carbocycles. The summed E-state index contributed by atoms with van der Waals surface area (Å²) in [4.78, 5) is 11.1. The summed E-state index contributed by atoms with van der Waals surface area (Å²) in [5, 5.41) is 0.724. The van der Waals surface area contributed by atoms with Crippen molar-refractivity contribution in [2.75, 3.05) is 5.33 Å². The van der Waals surface area contributed by atoms with Gasteiger partial charge in [-0.15, -0.1) is 0 Å². The largest absolute Gasteiger partial charge is 0.281 e. The lowest BCUT2D eigenvalue weighted by atomic mass is 9.74. The van der Waals surface area contributed by atoms with Gasteiger partial charge in [0.25, 0.3) is 0 Å². The van der Waals surface area contributed by atoms with Gasteiger partial charge >= 0.3 is 0 Å². The Balaban J connectivity index is 4.33. The van der Waals surface area contributed by atoms with E-state index in [1.165, 1.54) is 0 Å². The average Bonchev–Trinajstić information content (AvgIpc) is 1.83. The van der Waals surface area contributed by atoms with Gasteiger partial charge in [-0.25, -0.2) is 0 Å². The second-order valence-electron chi connectivity index (χ2n) is 4.94. The molecule has 0 N–H and O–H groups in total. The van der Waals surface area contributed by atoms with Gasteiger partial charge in [0.15, 0.2) is 0 Å². The van der Waals surface area contributed by atoms with Crippen molar-refractivity contribution < 1.29 is 4.79 Å². The van der Waals surface area contributed by atoms with Crippen LogP contribution in [0, 0.1) is 10.8 Å². The van der Waals surface area contributed by atoms with Crippen LogP contribution in [-0.2, 0) is 4.79 Å². The summed E-state index contributed by atoms with van der Waals surface area (Å²) in [5.41, 5.74) is -0.245. The third-order valence-corrected chi connectivity index (χ3v) is 3.13. The summed E-state index contributed by atoms with van der Waals surface area (Å²) in [6, 6.07) is 0.